The predicted molar refractivity (Wildman–Crippen MR) is 69.3 cm³/mol. The van der Waals surface area contributed by atoms with Gasteiger partial charge in [0.1, 0.15) is 11.5 Å². The molecule has 0 radical (unpaired) electrons. The first-order valence-corrected chi connectivity index (χ1v) is 5.98. The van der Waals surface area contributed by atoms with E-state index >= 15 is 0 Å². The molecule has 0 amide bonds. The Labute approximate surface area is 113 Å². The molecule has 2 aromatic rings. The first-order chi connectivity index (χ1) is 9.04. The van der Waals surface area contributed by atoms with Gasteiger partial charge in [0.2, 0.25) is 0 Å². The van der Waals surface area contributed by atoms with E-state index in [9.17, 15) is 15.0 Å². The third-order valence-corrected chi connectivity index (χ3v) is 3.21. The van der Waals surface area contributed by atoms with Crippen LogP contribution in [0.5, 0.6) is 23.0 Å². The molecule has 1 aliphatic rings. The summed E-state index contributed by atoms with van der Waals surface area (Å²) < 4.78 is 5.61. The van der Waals surface area contributed by atoms with Crippen molar-refractivity contribution in [1.29, 1.82) is 0 Å². The van der Waals surface area contributed by atoms with Gasteiger partial charge < -0.3 is 14.9 Å². The number of rotatable bonds is 0. The van der Waals surface area contributed by atoms with Crippen LogP contribution in [0.2, 0.25) is 5.02 Å². The Morgan fingerprint density at radius 2 is 1.79 bits per heavy atom. The van der Waals surface area contributed by atoms with Crippen LogP contribution in [-0.4, -0.2) is 16.0 Å². The summed E-state index contributed by atoms with van der Waals surface area (Å²) >= 11 is 5.89. The number of carbonyl (C=O) groups is 1. The topological polar surface area (TPSA) is 66.8 Å². The Kier molecular flexibility index (Phi) is 2.61. The molecule has 0 aromatic heterocycles. The minimum atomic E-state index is -0.348. The number of phenols is 2. The molecule has 19 heavy (non-hydrogen) atoms. The van der Waals surface area contributed by atoms with Gasteiger partial charge >= 0.3 is 0 Å². The molecule has 0 bridgehead atoms. The normalized spacial score (nSPS) is 13.2. The molecule has 4 nitrogen and oxygen atoms in total. The molecule has 3 rings (SSSR count). The number of carbonyl (C=O) groups excluding carboxylic acids is 1. The summed E-state index contributed by atoms with van der Waals surface area (Å²) in [5, 5.41) is 19.5. The van der Waals surface area contributed by atoms with Crippen LogP contribution in [0.3, 0.4) is 0 Å². The zero-order valence-corrected chi connectivity index (χ0v) is 10.4. The number of Topliss-reactive ketones (excluding diaryl/α,β-unsaturated/α-hetero) is 1. The number of fused-ring (bicyclic) bond motifs is 2. The lowest BCUT2D eigenvalue weighted by Gasteiger charge is -2.09. The summed E-state index contributed by atoms with van der Waals surface area (Å²) in [6.07, 6.45) is 0.132. The Balaban J connectivity index is 2.18. The number of benzene rings is 2. The highest BCUT2D eigenvalue weighted by atomic mass is 35.5. The molecule has 0 fully saturated rings. The summed E-state index contributed by atoms with van der Waals surface area (Å²) in [6.45, 7) is 0. The Hall–Kier alpha value is -2.20. The van der Waals surface area contributed by atoms with Crippen molar-refractivity contribution < 1.29 is 19.7 Å². The smallest absolute Gasteiger partial charge is 0.171 e. The number of ketones is 1. The van der Waals surface area contributed by atoms with E-state index < -0.39 is 0 Å². The van der Waals surface area contributed by atoms with E-state index in [2.05, 4.69) is 0 Å². The van der Waals surface area contributed by atoms with Gasteiger partial charge in [0.05, 0.1) is 5.56 Å². The maximum atomic E-state index is 12.1. The van der Waals surface area contributed by atoms with Gasteiger partial charge in [0.15, 0.2) is 17.3 Å². The predicted octanol–water partition coefficient (Wildman–Crippen LogP) is 3.28. The van der Waals surface area contributed by atoms with Crippen molar-refractivity contribution >= 4 is 17.4 Å². The average molecular weight is 277 g/mol. The van der Waals surface area contributed by atoms with Crippen LogP contribution in [0.25, 0.3) is 0 Å². The van der Waals surface area contributed by atoms with Gasteiger partial charge in [-0.15, -0.1) is 0 Å². The fourth-order valence-electron chi connectivity index (χ4n) is 2.03. The second-order valence-electron chi connectivity index (χ2n) is 4.29. The molecule has 0 aliphatic carbocycles. The summed E-state index contributed by atoms with van der Waals surface area (Å²) in [6, 6.07) is 7.44. The third-order valence-electron chi connectivity index (χ3n) is 2.97. The zero-order chi connectivity index (χ0) is 13.6. The highest BCUT2D eigenvalue weighted by Crippen LogP contribution is 2.40. The highest BCUT2D eigenvalue weighted by Gasteiger charge is 2.23. The second-order valence-corrected chi connectivity index (χ2v) is 4.73. The van der Waals surface area contributed by atoms with Crippen molar-refractivity contribution in [1.82, 2.24) is 0 Å². The average Bonchev–Trinajstić information content (AvgIpc) is 2.47. The molecule has 0 saturated heterocycles. The third kappa shape index (κ3) is 2.00. The van der Waals surface area contributed by atoms with Crippen LogP contribution in [-0.2, 0) is 6.42 Å². The molecule has 0 atom stereocenters. The van der Waals surface area contributed by atoms with E-state index in [-0.39, 0.29) is 35.0 Å². The molecule has 0 saturated carbocycles. The fourth-order valence-corrected chi connectivity index (χ4v) is 2.23. The Bertz CT molecular complexity index is 694. The van der Waals surface area contributed by atoms with Crippen LogP contribution in [0.15, 0.2) is 30.3 Å². The van der Waals surface area contributed by atoms with E-state index in [0.717, 1.165) is 0 Å². The van der Waals surface area contributed by atoms with E-state index in [1.54, 1.807) is 18.2 Å². The molecule has 2 aromatic carbocycles. The minimum Gasteiger partial charge on any atom is -0.504 e. The van der Waals surface area contributed by atoms with Crippen molar-refractivity contribution in [2.24, 2.45) is 0 Å². The highest BCUT2D eigenvalue weighted by molar-refractivity contribution is 6.30. The number of ether oxygens (including phenoxy) is 1. The first kappa shape index (κ1) is 11.9. The van der Waals surface area contributed by atoms with Crippen molar-refractivity contribution in [3.8, 4) is 23.0 Å². The largest absolute Gasteiger partial charge is 0.504 e. The van der Waals surface area contributed by atoms with Gasteiger partial charge in [-0.3, -0.25) is 4.79 Å². The van der Waals surface area contributed by atoms with Crippen molar-refractivity contribution in [3.05, 3.63) is 46.5 Å². The number of hydrogen-bond donors (Lipinski definition) is 2. The van der Waals surface area contributed by atoms with Crippen LogP contribution >= 0.6 is 11.6 Å². The molecular formula is C14H9ClO4. The van der Waals surface area contributed by atoms with Gasteiger partial charge in [-0.05, 0) is 24.3 Å². The van der Waals surface area contributed by atoms with E-state index in [1.165, 1.54) is 12.1 Å². The Morgan fingerprint density at radius 3 is 2.58 bits per heavy atom. The van der Waals surface area contributed by atoms with Gasteiger partial charge in [0.25, 0.3) is 0 Å². The van der Waals surface area contributed by atoms with Gasteiger partial charge in [-0.25, -0.2) is 0 Å². The van der Waals surface area contributed by atoms with E-state index in [1.807, 2.05) is 0 Å². The monoisotopic (exact) mass is 276 g/mol. The molecular weight excluding hydrogens is 268 g/mol. The standard InChI is InChI=1S/C14H9ClO4/c15-8-1-2-13-7(3-8)4-10(16)9-5-11(17)12(18)6-14(9)19-13/h1-3,5-6,17-18H,4H2. The zero-order valence-electron chi connectivity index (χ0n) is 9.68. The lowest BCUT2D eigenvalue weighted by Crippen LogP contribution is -2.01. The molecule has 0 unspecified atom stereocenters. The summed E-state index contributed by atoms with van der Waals surface area (Å²) in [7, 11) is 0. The van der Waals surface area contributed by atoms with Crippen LogP contribution in [0.1, 0.15) is 15.9 Å². The molecule has 0 spiro atoms. The van der Waals surface area contributed by atoms with Crippen molar-refractivity contribution in [2.45, 2.75) is 6.42 Å². The quantitative estimate of drug-likeness (QED) is 0.725. The van der Waals surface area contributed by atoms with Crippen molar-refractivity contribution in [3.63, 3.8) is 0 Å². The van der Waals surface area contributed by atoms with Crippen molar-refractivity contribution in [2.75, 3.05) is 0 Å². The maximum Gasteiger partial charge on any atom is 0.171 e. The summed E-state index contributed by atoms with van der Waals surface area (Å²) in [5.41, 5.74) is 0.912. The fraction of sp³-hybridized carbons (Fsp3) is 0.0714. The SMILES string of the molecule is O=C1Cc2cc(Cl)ccc2Oc2cc(O)c(O)cc21. The number of halogens is 1. The summed E-state index contributed by atoms with van der Waals surface area (Å²) in [4.78, 5) is 12.1. The van der Waals surface area contributed by atoms with Crippen LogP contribution < -0.4 is 4.74 Å². The number of aromatic hydroxyl groups is 2. The van der Waals surface area contributed by atoms with Crippen LogP contribution in [0.4, 0.5) is 0 Å². The van der Waals surface area contributed by atoms with Gasteiger partial charge in [0, 0.05) is 23.1 Å². The molecule has 1 heterocycles. The minimum absolute atomic E-state index is 0.132. The molecule has 2 N–H and O–H groups in total. The molecule has 5 heteroatoms. The number of phenolic OH excluding ortho intramolecular Hbond substituents is 2. The lowest BCUT2D eigenvalue weighted by molar-refractivity contribution is 0.0993. The maximum absolute atomic E-state index is 12.1. The van der Waals surface area contributed by atoms with Gasteiger partial charge in [-0.1, -0.05) is 11.6 Å². The molecule has 1 aliphatic heterocycles. The van der Waals surface area contributed by atoms with Gasteiger partial charge in [-0.2, -0.15) is 0 Å². The first-order valence-electron chi connectivity index (χ1n) is 5.60. The van der Waals surface area contributed by atoms with Crippen LogP contribution in [0, 0.1) is 0 Å². The van der Waals surface area contributed by atoms with E-state index in [4.69, 9.17) is 16.3 Å². The van der Waals surface area contributed by atoms with E-state index in [0.29, 0.717) is 16.3 Å². The molecule has 96 valence electrons. The lowest BCUT2D eigenvalue weighted by atomic mass is 10.0. The second kappa shape index (κ2) is 4.17. The summed E-state index contributed by atoms with van der Waals surface area (Å²) in [5.74, 6) is -0.141. The Morgan fingerprint density at radius 1 is 1.05 bits per heavy atom. The number of hydrogen-bond acceptors (Lipinski definition) is 4.